The molecule has 5 rings (SSSR count). The first-order valence-corrected chi connectivity index (χ1v) is 16.1. The zero-order chi connectivity index (χ0) is 25.0. The zero-order valence-corrected chi connectivity index (χ0v) is 22.2. The van der Waals surface area contributed by atoms with Crippen molar-refractivity contribution in [1.29, 1.82) is 0 Å². The van der Waals surface area contributed by atoms with E-state index in [2.05, 4.69) is 115 Å². The van der Waals surface area contributed by atoms with Crippen molar-refractivity contribution in [1.82, 2.24) is 0 Å². The Morgan fingerprint density at radius 3 is 1.61 bits per heavy atom. The summed E-state index contributed by atoms with van der Waals surface area (Å²) in [6.45, 7) is 2.07. The Hall–Kier alpha value is -3.41. The van der Waals surface area contributed by atoms with E-state index < -0.39 is 7.22 Å². The Bertz CT molecular complexity index is 1250. The predicted molar refractivity (Wildman–Crippen MR) is 153 cm³/mol. The molecule has 1 aliphatic heterocycles. The zero-order valence-electron chi connectivity index (χ0n) is 20.4. The molecule has 4 aromatic carbocycles. The van der Waals surface area contributed by atoms with E-state index in [4.69, 9.17) is 0 Å². The number of aryl methyl sites for hydroxylation is 2. The van der Waals surface area contributed by atoms with Gasteiger partial charge in [0.05, 0.1) is 5.69 Å². The fraction of sp³-hybridized carbons (Fsp3) is 0.161. The highest BCUT2D eigenvalue weighted by atomic mass is 32.4. The summed E-state index contributed by atoms with van der Waals surface area (Å²) in [5.41, 5.74) is 3.06. The molecular weight excluding hydrogens is 478 g/mol. The first-order chi connectivity index (χ1) is 17.6. The van der Waals surface area contributed by atoms with E-state index in [1.54, 1.807) is 0 Å². The maximum absolute atomic E-state index is 12.2. The Morgan fingerprint density at radius 2 is 1.17 bits per heavy atom. The van der Waals surface area contributed by atoms with Gasteiger partial charge in [-0.15, -0.1) is 0 Å². The maximum atomic E-state index is 12.2. The minimum atomic E-state index is -2.33. The number of imide groups is 1. The molecule has 0 aliphatic carbocycles. The molecular formula is C31H29NO2SSi. The number of nitrogens with zero attached hydrogens (tertiary/aromatic N) is 1. The topological polar surface area (TPSA) is 37.4 Å². The van der Waals surface area contributed by atoms with Crippen molar-refractivity contribution in [3.63, 3.8) is 0 Å². The number of hydrogen-bond donors (Lipinski definition) is 0. The lowest BCUT2D eigenvalue weighted by Gasteiger charge is -2.33. The SMILES string of the molecule is Cc1cc(N2C(=O)CCC2=O)ccc1CCS[Si](c1ccccc1)(c1ccccc1)c1ccccc1. The lowest BCUT2D eigenvalue weighted by atomic mass is 10.1. The van der Waals surface area contributed by atoms with E-state index in [9.17, 15) is 9.59 Å². The summed E-state index contributed by atoms with van der Waals surface area (Å²) in [7, 11) is -2.33. The van der Waals surface area contributed by atoms with E-state index in [0.29, 0.717) is 18.5 Å². The summed E-state index contributed by atoms with van der Waals surface area (Å²) < 4.78 is 0. The van der Waals surface area contributed by atoms with Gasteiger partial charge >= 0.3 is 0 Å². The highest BCUT2D eigenvalue weighted by molar-refractivity contribution is 8.33. The summed E-state index contributed by atoms with van der Waals surface area (Å²) in [5, 5.41) is 4.18. The number of hydrogen-bond acceptors (Lipinski definition) is 3. The maximum Gasteiger partial charge on any atom is 0.234 e. The molecule has 3 nitrogen and oxygen atoms in total. The van der Waals surface area contributed by atoms with Crippen LogP contribution < -0.4 is 20.5 Å². The van der Waals surface area contributed by atoms with Crippen LogP contribution in [0.25, 0.3) is 0 Å². The first-order valence-electron chi connectivity index (χ1n) is 12.4. The molecule has 0 atom stereocenters. The molecule has 0 N–H and O–H groups in total. The second kappa shape index (κ2) is 10.7. The van der Waals surface area contributed by atoms with Gasteiger partial charge in [-0.05, 0) is 57.9 Å². The van der Waals surface area contributed by atoms with Crippen molar-refractivity contribution in [2.75, 3.05) is 10.7 Å². The summed E-state index contributed by atoms with van der Waals surface area (Å²) in [6.07, 6.45) is 1.53. The van der Waals surface area contributed by atoms with Gasteiger partial charge in [0.1, 0.15) is 0 Å². The van der Waals surface area contributed by atoms with E-state index in [1.165, 1.54) is 26.0 Å². The quantitative estimate of drug-likeness (QED) is 0.199. The van der Waals surface area contributed by atoms with Gasteiger partial charge in [-0.2, -0.15) is 11.2 Å². The molecule has 1 heterocycles. The Kier molecular flexibility index (Phi) is 7.21. The Morgan fingerprint density at radius 1 is 0.694 bits per heavy atom. The first kappa shape index (κ1) is 24.3. The number of carbonyl (C=O) groups is 2. The van der Waals surface area contributed by atoms with Crippen LogP contribution in [0.2, 0.25) is 0 Å². The normalized spacial score (nSPS) is 13.9. The van der Waals surface area contributed by atoms with Crippen LogP contribution in [0.1, 0.15) is 24.0 Å². The number of carbonyl (C=O) groups excluding carboxylic acids is 2. The van der Waals surface area contributed by atoms with Gasteiger partial charge < -0.3 is 0 Å². The largest absolute Gasteiger partial charge is 0.274 e. The van der Waals surface area contributed by atoms with E-state index in [-0.39, 0.29) is 11.8 Å². The Balaban J connectivity index is 1.46. The van der Waals surface area contributed by atoms with Crippen molar-refractivity contribution in [2.24, 2.45) is 0 Å². The van der Waals surface area contributed by atoms with Gasteiger partial charge in [-0.3, -0.25) is 14.5 Å². The molecule has 2 amide bonds. The van der Waals surface area contributed by atoms with Crippen LogP contribution in [-0.2, 0) is 16.0 Å². The molecule has 0 bridgehead atoms. The molecule has 0 saturated carbocycles. The van der Waals surface area contributed by atoms with Gasteiger partial charge in [-0.1, -0.05) is 97.1 Å². The van der Waals surface area contributed by atoms with Gasteiger partial charge in [0.25, 0.3) is 0 Å². The molecule has 0 spiro atoms. The van der Waals surface area contributed by atoms with Crippen LogP contribution in [0.4, 0.5) is 5.69 Å². The summed E-state index contributed by atoms with van der Waals surface area (Å²) >= 11 is 2.08. The average molecular weight is 508 g/mol. The lowest BCUT2D eigenvalue weighted by molar-refractivity contribution is -0.121. The molecule has 5 heteroatoms. The van der Waals surface area contributed by atoms with Gasteiger partial charge in [0, 0.05) is 12.8 Å². The smallest absolute Gasteiger partial charge is 0.234 e. The number of rotatable bonds is 8. The van der Waals surface area contributed by atoms with Crippen molar-refractivity contribution in [3.8, 4) is 0 Å². The summed E-state index contributed by atoms with van der Waals surface area (Å²) in [5.74, 6) is 0.756. The van der Waals surface area contributed by atoms with Crippen LogP contribution in [0.3, 0.4) is 0 Å². The van der Waals surface area contributed by atoms with E-state index in [1.807, 2.05) is 12.1 Å². The van der Waals surface area contributed by atoms with Gasteiger partial charge in [-0.25, -0.2) is 0 Å². The standard InChI is InChI=1S/C31H29NO2SSi/c1-24-23-26(32-30(33)19-20-31(32)34)18-17-25(24)21-22-35-36(27-11-5-2-6-12-27,28-13-7-3-8-14-28)29-15-9-4-10-16-29/h2-18,23H,19-22H2,1H3. The second-order valence-electron chi connectivity index (χ2n) is 9.11. The van der Waals surface area contributed by atoms with Crippen LogP contribution in [-0.4, -0.2) is 24.8 Å². The van der Waals surface area contributed by atoms with Crippen LogP contribution in [0.15, 0.2) is 109 Å². The monoisotopic (exact) mass is 507 g/mol. The van der Waals surface area contributed by atoms with Crippen molar-refractivity contribution < 1.29 is 9.59 Å². The van der Waals surface area contributed by atoms with E-state index >= 15 is 0 Å². The fourth-order valence-electron chi connectivity index (χ4n) is 5.05. The third kappa shape index (κ3) is 4.69. The average Bonchev–Trinajstić information content (AvgIpc) is 3.26. The van der Waals surface area contributed by atoms with Crippen molar-refractivity contribution in [2.45, 2.75) is 26.2 Å². The van der Waals surface area contributed by atoms with Gasteiger partial charge in [0.2, 0.25) is 19.0 Å². The van der Waals surface area contributed by atoms with Crippen LogP contribution >= 0.6 is 11.2 Å². The fourth-order valence-corrected chi connectivity index (χ4v) is 13.1. The molecule has 4 aromatic rings. The molecule has 1 fully saturated rings. The molecule has 1 aliphatic rings. The second-order valence-corrected chi connectivity index (χ2v) is 15.6. The highest BCUT2D eigenvalue weighted by Gasteiger charge is 2.40. The third-order valence-corrected chi connectivity index (χ3v) is 15.2. The van der Waals surface area contributed by atoms with Crippen LogP contribution in [0.5, 0.6) is 0 Å². The molecule has 180 valence electrons. The molecule has 1 saturated heterocycles. The minimum Gasteiger partial charge on any atom is -0.274 e. The highest BCUT2D eigenvalue weighted by Crippen LogP contribution is 2.27. The summed E-state index contributed by atoms with van der Waals surface area (Å²) in [4.78, 5) is 25.7. The number of benzene rings is 4. The minimum absolute atomic E-state index is 0.105. The van der Waals surface area contributed by atoms with Crippen molar-refractivity contribution in [3.05, 3.63) is 120 Å². The van der Waals surface area contributed by atoms with Crippen molar-refractivity contribution >= 4 is 51.5 Å². The number of anilines is 1. The molecule has 0 unspecified atom stereocenters. The van der Waals surface area contributed by atoms with Crippen LogP contribution in [0, 0.1) is 6.92 Å². The van der Waals surface area contributed by atoms with Gasteiger partial charge in [0.15, 0.2) is 0 Å². The molecule has 36 heavy (non-hydrogen) atoms. The predicted octanol–water partition coefficient (Wildman–Crippen LogP) is 4.59. The van der Waals surface area contributed by atoms with E-state index in [0.717, 1.165) is 17.7 Å². The lowest BCUT2D eigenvalue weighted by Crippen LogP contribution is -2.65. The summed E-state index contributed by atoms with van der Waals surface area (Å²) in [6, 6.07) is 38.8. The molecule has 0 radical (unpaired) electrons. The molecule has 0 aromatic heterocycles. The Labute approximate surface area is 217 Å². The third-order valence-electron chi connectivity index (χ3n) is 6.87. The number of amides is 2.